The van der Waals surface area contributed by atoms with Crippen molar-refractivity contribution in [3.8, 4) is 0 Å². The fourth-order valence-corrected chi connectivity index (χ4v) is 2.93. The van der Waals surface area contributed by atoms with Crippen molar-refractivity contribution in [2.75, 3.05) is 5.32 Å². The quantitative estimate of drug-likeness (QED) is 0.802. The van der Waals surface area contributed by atoms with Gasteiger partial charge in [-0.3, -0.25) is 4.79 Å². The van der Waals surface area contributed by atoms with Crippen molar-refractivity contribution in [3.05, 3.63) is 21.0 Å². The summed E-state index contributed by atoms with van der Waals surface area (Å²) in [5.74, 6) is 1.31. The van der Waals surface area contributed by atoms with E-state index in [-0.39, 0.29) is 11.6 Å². The van der Waals surface area contributed by atoms with Gasteiger partial charge in [0.2, 0.25) is 0 Å². The molecule has 1 saturated carbocycles. The predicted octanol–water partition coefficient (Wildman–Crippen LogP) is 4.04. The van der Waals surface area contributed by atoms with Gasteiger partial charge in [0.05, 0.1) is 10.7 Å². The lowest BCUT2D eigenvalue weighted by Gasteiger charge is -2.25. The maximum Gasteiger partial charge on any atom is 0.291 e. The van der Waals surface area contributed by atoms with Crippen molar-refractivity contribution >= 4 is 21.6 Å². The average molecular weight is 356 g/mol. The van der Waals surface area contributed by atoms with Crippen molar-refractivity contribution in [2.24, 2.45) is 11.8 Å². The number of nitrogens with one attached hydrogen (secondary N) is 1. The van der Waals surface area contributed by atoms with Gasteiger partial charge in [-0.2, -0.15) is 5.10 Å². The van der Waals surface area contributed by atoms with Gasteiger partial charge < -0.3 is 5.32 Å². The van der Waals surface area contributed by atoms with Crippen LogP contribution < -0.4 is 10.9 Å². The Morgan fingerprint density at radius 2 is 2.10 bits per heavy atom. The fraction of sp³-hybridized carbons (Fsp3) is 0.750. The van der Waals surface area contributed by atoms with E-state index in [0.717, 1.165) is 23.9 Å². The molecule has 0 amide bonds. The molecule has 1 fully saturated rings. The van der Waals surface area contributed by atoms with Crippen LogP contribution in [0.1, 0.15) is 52.9 Å². The van der Waals surface area contributed by atoms with Crippen molar-refractivity contribution in [2.45, 2.75) is 65.5 Å². The van der Waals surface area contributed by atoms with Gasteiger partial charge in [-0.15, -0.1) is 0 Å². The van der Waals surface area contributed by atoms with E-state index in [1.807, 2.05) is 0 Å². The molecule has 21 heavy (non-hydrogen) atoms. The van der Waals surface area contributed by atoms with Gasteiger partial charge in [0, 0.05) is 12.6 Å². The van der Waals surface area contributed by atoms with Crippen LogP contribution in [0.15, 0.2) is 15.5 Å². The molecular formula is C16H26BrN3O. The number of rotatable bonds is 7. The third-order valence-electron chi connectivity index (χ3n) is 4.22. The Morgan fingerprint density at radius 1 is 1.38 bits per heavy atom. The molecule has 0 saturated heterocycles. The van der Waals surface area contributed by atoms with Crippen molar-refractivity contribution in [1.82, 2.24) is 9.78 Å². The summed E-state index contributed by atoms with van der Waals surface area (Å²) in [4.78, 5) is 12.5. The normalized spacial score (nSPS) is 16.8. The van der Waals surface area contributed by atoms with Crippen LogP contribution in [0.5, 0.6) is 0 Å². The Balaban J connectivity index is 2.06. The van der Waals surface area contributed by atoms with E-state index in [1.54, 1.807) is 10.9 Å². The van der Waals surface area contributed by atoms with E-state index in [4.69, 9.17) is 0 Å². The molecule has 4 nitrogen and oxygen atoms in total. The van der Waals surface area contributed by atoms with Crippen LogP contribution in [0, 0.1) is 11.8 Å². The standard InChI is InChI=1S/C16H26BrN3O/c1-11(2)7-8-12(3)19-15-14(17)9-18-20(16(15)21)10-13-5-4-6-13/h9,11-13,19H,4-8,10H2,1-3H3. The van der Waals surface area contributed by atoms with E-state index >= 15 is 0 Å². The molecule has 1 unspecified atom stereocenters. The van der Waals surface area contributed by atoms with E-state index in [2.05, 4.69) is 47.1 Å². The summed E-state index contributed by atoms with van der Waals surface area (Å²) >= 11 is 3.45. The largest absolute Gasteiger partial charge is 0.377 e. The monoisotopic (exact) mass is 355 g/mol. The highest BCUT2D eigenvalue weighted by Crippen LogP contribution is 2.27. The van der Waals surface area contributed by atoms with Crippen LogP contribution in [-0.2, 0) is 6.54 Å². The van der Waals surface area contributed by atoms with Crippen molar-refractivity contribution in [3.63, 3.8) is 0 Å². The maximum atomic E-state index is 12.5. The Kier molecular flexibility index (Phi) is 5.85. The first-order valence-corrected chi connectivity index (χ1v) is 8.78. The second-order valence-electron chi connectivity index (χ2n) is 6.67. The summed E-state index contributed by atoms with van der Waals surface area (Å²) in [5.41, 5.74) is 0.647. The molecule has 1 aliphatic rings. The Hall–Kier alpha value is -0.840. The van der Waals surface area contributed by atoms with E-state index in [1.165, 1.54) is 19.3 Å². The molecule has 1 atom stereocenters. The van der Waals surface area contributed by atoms with Gasteiger partial charge in [-0.1, -0.05) is 20.3 Å². The number of halogens is 1. The first-order valence-electron chi connectivity index (χ1n) is 7.99. The number of anilines is 1. The van der Waals surface area contributed by atoms with Gasteiger partial charge in [0.1, 0.15) is 5.69 Å². The van der Waals surface area contributed by atoms with Gasteiger partial charge in [0.15, 0.2) is 0 Å². The molecule has 1 N–H and O–H groups in total. The minimum atomic E-state index is -0.00679. The SMILES string of the molecule is CC(C)CCC(C)Nc1c(Br)cnn(CC2CCC2)c1=O. The van der Waals surface area contributed by atoms with Gasteiger partial charge >= 0.3 is 0 Å². The maximum absolute atomic E-state index is 12.5. The van der Waals surface area contributed by atoms with Crippen molar-refractivity contribution < 1.29 is 0 Å². The number of hydrogen-bond acceptors (Lipinski definition) is 3. The van der Waals surface area contributed by atoms with Crippen LogP contribution in [0.25, 0.3) is 0 Å². The van der Waals surface area contributed by atoms with Crippen LogP contribution in [0.3, 0.4) is 0 Å². The molecule has 5 heteroatoms. The minimum absolute atomic E-state index is 0.00679. The highest BCUT2D eigenvalue weighted by molar-refractivity contribution is 9.10. The molecule has 0 aromatic carbocycles. The second-order valence-corrected chi connectivity index (χ2v) is 7.52. The molecule has 0 spiro atoms. The lowest BCUT2D eigenvalue weighted by atomic mass is 9.85. The third-order valence-corrected chi connectivity index (χ3v) is 4.82. The first-order chi connectivity index (χ1) is 9.97. The predicted molar refractivity (Wildman–Crippen MR) is 90.7 cm³/mol. The van der Waals surface area contributed by atoms with Gasteiger partial charge in [-0.05, 0) is 60.4 Å². The third kappa shape index (κ3) is 4.56. The Labute approximate surface area is 135 Å². The average Bonchev–Trinajstić information content (AvgIpc) is 2.38. The first kappa shape index (κ1) is 16.5. The second kappa shape index (κ2) is 7.43. The van der Waals surface area contributed by atoms with E-state index < -0.39 is 0 Å². The summed E-state index contributed by atoms with van der Waals surface area (Å²) in [6.07, 6.45) is 7.68. The lowest BCUT2D eigenvalue weighted by molar-refractivity contribution is 0.262. The molecule has 0 aliphatic heterocycles. The molecule has 0 bridgehead atoms. The molecule has 1 aromatic heterocycles. The fourth-order valence-electron chi connectivity index (χ4n) is 2.55. The number of hydrogen-bond donors (Lipinski definition) is 1. The molecule has 1 aromatic rings. The molecule has 118 valence electrons. The van der Waals surface area contributed by atoms with Gasteiger partial charge in [0.25, 0.3) is 5.56 Å². The zero-order valence-electron chi connectivity index (χ0n) is 13.2. The summed E-state index contributed by atoms with van der Waals surface area (Å²) in [6, 6.07) is 0.288. The highest BCUT2D eigenvalue weighted by Gasteiger charge is 2.20. The molecule has 1 heterocycles. The minimum Gasteiger partial charge on any atom is -0.377 e. The smallest absolute Gasteiger partial charge is 0.291 e. The Morgan fingerprint density at radius 3 is 2.67 bits per heavy atom. The molecule has 2 rings (SSSR count). The molecule has 1 aliphatic carbocycles. The zero-order valence-corrected chi connectivity index (χ0v) is 14.8. The highest BCUT2D eigenvalue weighted by atomic mass is 79.9. The summed E-state index contributed by atoms with van der Waals surface area (Å²) in [6.45, 7) is 7.33. The van der Waals surface area contributed by atoms with Crippen LogP contribution in [0.2, 0.25) is 0 Å². The van der Waals surface area contributed by atoms with Crippen LogP contribution in [0.4, 0.5) is 5.69 Å². The topological polar surface area (TPSA) is 46.9 Å². The van der Waals surface area contributed by atoms with Crippen LogP contribution >= 0.6 is 15.9 Å². The van der Waals surface area contributed by atoms with E-state index in [0.29, 0.717) is 17.5 Å². The molecular weight excluding hydrogens is 330 g/mol. The summed E-state index contributed by atoms with van der Waals surface area (Å²) < 4.78 is 2.38. The zero-order chi connectivity index (χ0) is 15.4. The lowest BCUT2D eigenvalue weighted by Crippen LogP contribution is -2.32. The number of nitrogens with zero attached hydrogens (tertiary/aromatic N) is 2. The Bertz CT molecular complexity index is 523. The number of aromatic nitrogens is 2. The van der Waals surface area contributed by atoms with Crippen molar-refractivity contribution in [1.29, 1.82) is 0 Å². The molecule has 0 radical (unpaired) electrons. The summed E-state index contributed by atoms with van der Waals surface area (Å²) in [5, 5.41) is 7.62. The van der Waals surface area contributed by atoms with Gasteiger partial charge in [-0.25, -0.2) is 4.68 Å². The van der Waals surface area contributed by atoms with E-state index in [9.17, 15) is 4.79 Å². The summed E-state index contributed by atoms with van der Waals surface area (Å²) in [7, 11) is 0. The van der Waals surface area contributed by atoms with Crippen LogP contribution in [-0.4, -0.2) is 15.8 Å².